The first kappa shape index (κ1) is 13.7. The first-order valence-corrected chi connectivity index (χ1v) is 6.06. The van der Waals surface area contributed by atoms with Crippen molar-refractivity contribution in [1.82, 2.24) is 14.9 Å². The van der Waals surface area contributed by atoms with E-state index >= 15 is 0 Å². The molecule has 0 fully saturated rings. The molecule has 0 aliphatic carbocycles. The molecule has 0 radical (unpaired) electrons. The lowest BCUT2D eigenvalue weighted by molar-refractivity contribution is 0.581. The van der Waals surface area contributed by atoms with Crippen LogP contribution in [0.1, 0.15) is 20.8 Å². The van der Waals surface area contributed by atoms with Crippen molar-refractivity contribution >= 4 is 5.82 Å². The summed E-state index contributed by atoms with van der Waals surface area (Å²) in [5, 5.41) is 3.34. The molecule has 1 N–H and O–H groups in total. The van der Waals surface area contributed by atoms with Crippen LogP contribution in [0.15, 0.2) is 17.2 Å². The minimum atomic E-state index is -0.0427. The van der Waals surface area contributed by atoms with Gasteiger partial charge in [0.15, 0.2) is 5.82 Å². The number of hydrogen-bond donors (Lipinski definition) is 1. The number of aryl methyl sites for hydroxylation is 1. The standard InChI is InChI=1S/C12H22N4O/c1-5-16(9-7-13-10(2)3)11-12(17)15(4)8-6-14-11/h6,8,10,13H,5,7,9H2,1-4H3. The summed E-state index contributed by atoms with van der Waals surface area (Å²) in [7, 11) is 1.74. The first-order chi connectivity index (χ1) is 8.06. The number of rotatable bonds is 6. The summed E-state index contributed by atoms with van der Waals surface area (Å²) in [6.45, 7) is 8.67. The van der Waals surface area contributed by atoms with E-state index in [-0.39, 0.29) is 5.56 Å². The number of anilines is 1. The molecule has 1 rings (SSSR count). The molecule has 5 heteroatoms. The lowest BCUT2D eigenvalue weighted by Gasteiger charge is -2.22. The van der Waals surface area contributed by atoms with Crippen LogP contribution in [0, 0.1) is 0 Å². The van der Waals surface area contributed by atoms with Gasteiger partial charge in [-0.05, 0) is 6.92 Å². The summed E-state index contributed by atoms with van der Waals surface area (Å²) in [6, 6.07) is 0.459. The van der Waals surface area contributed by atoms with E-state index in [1.807, 2.05) is 11.8 Å². The maximum atomic E-state index is 11.9. The number of hydrogen-bond acceptors (Lipinski definition) is 4. The molecule has 96 valence electrons. The molecule has 0 aliphatic heterocycles. The fourth-order valence-corrected chi connectivity index (χ4v) is 1.60. The number of nitrogens with zero attached hydrogens (tertiary/aromatic N) is 3. The zero-order valence-corrected chi connectivity index (χ0v) is 11.1. The topological polar surface area (TPSA) is 50.2 Å². The Labute approximate surface area is 102 Å². The van der Waals surface area contributed by atoms with Crippen LogP contribution < -0.4 is 15.8 Å². The van der Waals surface area contributed by atoms with Crippen LogP contribution in [-0.4, -0.2) is 35.2 Å². The predicted octanol–water partition coefficient (Wildman–Crippen LogP) is 0.605. The van der Waals surface area contributed by atoms with E-state index in [0.29, 0.717) is 11.9 Å². The molecule has 0 aliphatic rings. The molecular weight excluding hydrogens is 216 g/mol. The van der Waals surface area contributed by atoms with Crippen LogP contribution in [0.3, 0.4) is 0 Å². The Bertz CT molecular complexity index is 400. The predicted molar refractivity (Wildman–Crippen MR) is 70.5 cm³/mol. The zero-order chi connectivity index (χ0) is 12.8. The van der Waals surface area contributed by atoms with Gasteiger partial charge in [-0.15, -0.1) is 0 Å². The maximum Gasteiger partial charge on any atom is 0.293 e. The van der Waals surface area contributed by atoms with Crippen LogP contribution in [-0.2, 0) is 7.05 Å². The number of likely N-dealkylation sites (N-methyl/N-ethyl adjacent to an activating group) is 1. The van der Waals surface area contributed by atoms with E-state index in [9.17, 15) is 4.79 Å². The fraction of sp³-hybridized carbons (Fsp3) is 0.667. The Morgan fingerprint density at radius 2 is 2.24 bits per heavy atom. The summed E-state index contributed by atoms with van der Waals surface area (Å²) >= 11 is 0. The molecule has 0 amide bonds. The van der Waals surface area contributed by atoms with Crippen LogP contribution in [0.2, 0.25) is 0 Å². The molecule has 0 atom stereocenters. The van der Waals surface area contributed by atoms with Crippen LogP contribution in [0.4, 0.5) is 5.82 Å². The molecule has 0 spiro atoms. The minimum absolute atomic E-state index is 0.0427. The van der Waals surface area contributed by atoms with Gasteiger partial charge < -0.3 is 14.8 Å². The van der Waals surface area contributed by atoms with E-state index in [2.05, 4.69) is 24.1 Å². The average molecular weight is 238 g/mol. The lowest BCUT2D eigenvalue weighted by atomic mass is 10.4. The van der Waals surface area contributed by atoms with E-state index in [1.54, 1.807) is 24.0 Å². The molecular formula is C12H22N4O. The third-order valence-corrected chi connectivity index (χ3v) is 2.61. The van der Waals surface area contributed by atoms with E-state index in [4.69, 9.17) is 0 Å². The second-order valence-electron chi connectivity index (χ2n) is 4.36. The summed E-state index contributed by atoms with van der Waals surface area (Å²) in [4.78, 5) is 18.1. The molecule has 0 aromatic carbocycles. The zero-order valence-electron chi connectivity index (χ0n) is 11.1. The Morgan fingerprint density at radius 3 is 2.82 bits per heavy atom. The highest BCUT2D eigenvalue weighted by Gasteiger charge is 2.10. The lowest BCUT2D eigenvalue weighted by Crippen LogP contribution is -2.38. The molecule has 5 nitrogen and oxygen atoms in total. The second-order valence-corrected chi connectivity index (χ2v) is 4.36. The summed E-state index contributed by atoms with van der Waals surface area (Å²) in [5.41, 5.74) is -0.0427. The van der Waals surface area contributed by atoms with Crippen LogP contribution >= 0.6 is 0 Å². The molecule has 0 bridgehead atoms. The Balaban J connectivity index is 2.73. The van der Waals surface area contributed by atoms with Crippen molar-refractivity contribution in [2.45, 2.75) is 26.8 Å². The molecule has 1 heterocycles. The van der Waals surface area contributed by atoms with Crippen LogP contribution in [0.5, 0.6) is 0 Å². The molecule has 1 aromatic heterocycles. The average Bonchev–Trinajstić information content (AvgIpc) is 2.28. The van der Waals surface area contributed by atoms with Gasteiger partial charge in [-0.2, -0.15) is 0 Å². The molecule has 0 unspecified atom stereocenters. The Morgan fingerprint density at radius 1 is 1.53 bits per heavy atom. The van der Waals surface area contributed by atoms with E-state index in [0.717, 1.165) is 19.6 Å². The van der Waals surface area contributed by atoms with E-state index in [1.165, 1.54) is 0 Å². The van der Waals surface area contributed by atoms with Crippen molar-refractivity contribution in [1.29, 1.82) is 0 Å². The van der Waals surface area contributed by atoms with Gasteiger partial charge in [0.05, 0.1) is 0 Å². The monoisotopic (exact) mass is 238 g/mol. The van der Waals surface area contributed by atoms with Gasteiger partial charge >= 0.3 is 0 Å². The Hall–Kier alpha value is -1.36. The van der Waals surface area contributed by atoms with Crippen molar-refractivity contribution in [2.24, 2.45) is 7.05 Å². The molecule has 17 heavy (non-hydrogen) atoms. The normalized spacial score (nSPS) is 10.9. The number of nitrogens with one attached hydrogen (secondary N) is 1. The second kappa shape index (κ2) is 6.39. The Kier molecular flexibility index (Phi) is 5.15. The molecule has 0 saturated carbocycles. The highest BCUT2D eigenvalue weighted by atomic mass is 16.1. The summed E-state index contributed by atoms with van der Waals surface area (Å²) in [6.07, 6.45) is 3.33. The van der Waals surface area contributed by atoms with Crippen molar-refractivity contribution < 1.29 is 0 Å². The van der Waals surface area contributed by atoms with Gasteiger partial charge in [0.2, 0.25) is 0 Å². The SMILES string of the molecule is CCN(CCNC(C)C)c1nccn(C)c1=O. The third-order valence-electron chi connectivity index (χ3n) is 2.61. The summed E-state index contributed by atoms with van der Waals surface area (Å²) < 4.78 is 1.56. The van der Waals surface area contributed by atoms with E-state index < -0.39 is 0 Å². The molecule has 1 aromatic rings. The maximum absolute atomic E-state index is 11.9. The van der Waals surface area contributed by atoms with Crippen molar-refractivity contribution in [3.8, 4) is 0 Å². The first-order valence-electron chi connectivity index (χ1n) is 6.06. The van der Waals surface area contributed by atoms with Gasteiger partial charge in [0, 0.05) is 45.1 Å². The molecule has 0 saturated heterocycles. The van der Waals surface area contributed by atoms with Gasteiger partial charge in [-0.1, -0.05) is 13.8 Å². The smallest absolute Gasteiger partial charge is 0.293 e. The van der Waals surface area contributed by atoms with Crippen molar-refractivity contribution in [3.05, 3.63) is 22.7 Å². The quantitative estimate of drug-likeness (QED) is 0.788. The van der Waals surface area contributed by atoms with Crippen molar-refractivity contribution in [2.75, 3.05) is 24.5 Å². The highest BCUT2D eigenvalue weighted by molar-refractivity contribution is 5.35. The van der Waals surface area contributed by atoms with Crippen LogP contribution in [0.25, 0.3) is 0 Å². The fourth-order valence-electron chi connectivity index (χ4n) is 1.60. The van der Waals surface area contributed by atoms with Crippen molar-refractivity contribution in [3.63, 3.8) is 0 Å². The largest absolute Gasteiger partial charge is 0.351 e. The highest BCUT2D eigenvalue weighted by Crippen LogP contribution is 2.01. The minimum Gasteiger partial charge on any atom is -0.351 e. The number of aromatic nitrogens is 2. The van der Waals surface area contributed by atoms with Gasteiger partial charge in [-0.3, -0.25) is 4.79 Å². The summed E-state index contributed by atoms with van der Waals surface area (Å²) in [5.74, 6) is 0.531. The van der Waals surface area contributed by atoms with Gasteiger partial charge in [-0.25, -0.2) is 4.98 Å². The van der Waals surface area contributed by atoms with Gasteiger partial charge in [0.1, 0.15) is 0 Å². The third kappa shape index (κ3) is 3.85. The van der Waals surface area contributed by atoms with Gasteiger partial charge in [0.25, 0.3) is 5.56 Å².